The molecule has 0 saturated carbocycles. The largest absolute Gasteiger partial charge is 0.468 e. The molecule has 1 rings (SSSR count). The van der Waals surface area contributed by atoms with Crippen LogP contribution in [0, 0.1) is 0 Å². The zero-order chi connectivity index (χ0) is 16.5. The zero-order valence-corrected chi connectivity index (χ0v) is 13.6. The molecule has 6 nitrogen and oxygen atoms in total. The van der Waals surface area contributed by atoms with Gasteiger partial charge in [-0.25, -0.2) is 4.79 Å². The molecule has 1 aromatic rings. The summed E-state index contributed by atoms with van der Waals surface area (Å²) in [5, 5.41) is 1.41. The molecular formula is C14H15ClN2O4S. The lowest BCUT2D eigenvalue weighted by molar-refractivity contribution is -0.142. The van der Waals surface area contributed by atoms with E-state index in [1.165, 1.54) is 6.92 Å². The summed E-state index contributed by atoms with van der Waals surface area (Å²) in [6.07, 6.45) is 0. The molecule has 0 spiro atoms. The lowest BCUT2D eigenvalue weighted by Gasteiger charge is -2.09. The van der Waals surface area contributed by atoms with Gasteiger partial charge in [-0.3, -0.25) is 9.59 Å². The second kappa shape index (κ2) is 9.22. The van der Waals surface area contributed by atoms with E-state index in [-0.39, 0.29) is 4.50 Å². The Hall–Kier alpha value is -1.86. The molecule has 0 bridgehead atoms. The summed E-state index contributed by atoms with van der Waals surface area (Å²) in [6.45, 7) is 1.53. The molecule has 1 atom stereocenters. The van der Waals surface area contributed by atoms with Gasteiger partial charge < -0.3 is 10.1 Å². The van der Waals surface area contributed by atoms with Crippen molar-refractivity contribution in [1.82, 2.24) is 5.32 Å². The van der Waals surface area contributed by atoms with Crippen LogP contribution in [0.5, 0.6) is 0 Å². The van der Waals surface area contributed by atoms with Gasteiger partial charge in [0, 0.05) is 6.54 Å². The van der Waals surface area contributed by atoms with Crippen LogP contribution in [0.4, 0.5) is 4.79 Å². The van der Waals surface area contributed by atoms with Gasteiger partial charge in [-0.1, -0.05) is 53.7 Å². The van der Waals surface area contributed by atoms with Crippen molar-refractivity contribution in [1.29, 1.82) is 0 Å². The number of carbonyl (C=O) groups is 3. The summed E-state index contributed by atoms with van der Waals surface area (Å²) < 4.78 is 4.28. The van der Waals surface area contributed by atoms with Crippen molar-refractivity contribution < 1.29 is 19.1 Å². The first-order chi connectivity index (χ1) is 10.4. The number of benzene rings is 1. The topological polar surface area (TPSA) is 84.8 Å². The molecule has 0 heterocycles. The number of nitrogens with zero attached hydrogens (tertiary/aromatic N) is 1. The molecule has 0 radical (unpaired) electrons. The number of thioether (sulfide) groups is 1. The number of methoxy groups -OCH3 is 1. The highest BCUT2D eigenvalue weighted by atomic mass is 35.5. The van der Waals surface area contributed by atoms with Crippen molar-refractivity contribution in [2.24, 2.45) is 4.99 Å². The van der Waals surface area contributed by atoms with Gasteiger partial charge in [-0.05, 0) is 12.5 Å². The van der Waals surface area contributed by atoms with Crippen molar-refractivity contribution >= 4 is 45.6 Å². The van der Waals surface area contributed by atoms with Gasteiger partial charge in [0.25, 0.3) is 0 Å². The molecule has 0 fully saturated rings. The highest BCUT2D eigenvalue weighted by Crippen LogP contribution is 2.18. The van der Waals surface area contributed by atoms with Gasteiger partial charge in [-0.2, -0.15) is 4.99 Å². The van der Waals surface area contributed by atoms with Gasteiger partial charge >= 0.3 is 12.0 Å². The normalized spacial score (nSPS) is 12.4. The second-order valence-corrected chi connectivity index (χ2v) is 5.82. The number of ketones is 1. The summed E-state index contributed by atoms with van der Waals surface area (Å²) in [5.41, 5.74) is 0.908. The molecule has 118 valence electrons. The maximum absolute atomic E-state index is 11.6. The molecule has 0 aliphatic heterocycles. The summed E-state index contributed by atoms with van der Waals surface area (Å²) in [7, 11) is 1.16. The molecule has 22 heavy (non-hydrogen) atoms. The summed E-state index contributed by atoms with van der Waals surface area (Å²) in [5.74, 6) is -1.18. The molecule has 0 saturated heterocycles. The summed E-state index contributed by atoms with van der Waals surface area (Å²) in [6, 6.07) is 8.61. The van der Waals surface area contributed by atoms with E-state index in [4.69, 9.17) is 11.6 Å². The van der Waals surface area contributed by atoms with Crippen LogP contribution in [0.2, 0.25) is 0 Å². The molecular weight excluding hydrogens is 328 g/mol. The van der Waals surface area contributed by atoms with E-state index in [1.54, 1.807) is 0 Å². The molecule has 0 aliphatic rings. The van der Waals surface area contributed by atoms with Crippen molar-refractivity contribution in [3.63, 3.8) is 0 Å². The smallest absolute Gasteiger partial charge is 0.343 e. The Bertz CT molecular complexity index is 577. The molecule has 0 aromatic heterocycles. The number of hydrogen-bond acceptors (Lipinski definition) is 5. The molecule has 1 unspecified atom stereocenters. The Morgan fingerprint density at radius 1 is 1.32 bits per heavy atom. The standard InChI is InChI=1S/C14H15ClN2O4S/c1-9(18)11(12(19)21-2)22-13(15)17-14(20)16-8-10-6-4-3-5-7-10/h3-7,11H,8H2,1-2H3,(H,16,20)/b17-13+. The molecule has 8 heteroatoms. The third-order valence-corrected chi connectivity index (χ3v) is 3.87. The fourth-order valence-electron chi connectivity index (χ4n) is 1.42. The van der Waals surface area contributed by atoms with Crippen LogP contribution < -0.4 is 5.32 Å². The van der Waals surface area contributed by atoms with Crippen molar-refractivity contribution in [3.8, 4) is 0 Å². The number of carbonyl (C=O) groups excluding carboxylic acids is 3. The number of aliphatic imine (C=N–C) groups is 1. The van der Waals surface area contributed by atoms with Gasteiger partial charge in [0.1, 0.15) is 0 Å². The number of urea groups is 1. The number of nitrogens with one attached hydrogen (secondary N) is 1. The van der Waals surface area contributed by atoms with E-state index in [0.717, 1.165) is 12.7 Å². The molecule has 2 amide bonds. The van der Waals surface area contributed by atoms with Crippen LogP contribution in [0.25, 0.3) is 0 Å². The van der Waals surface area contributed by atoms with Gasteiger partial charge in [-0.15, -0.1) is 0 Å². The fourth-order valence-corrected chi connectivity index (χ4v) is 2.45. The molecule has 1 N–H and O–H groups in total. The van der Waals surface area contributed by atoms with Crippen LogP contribution in [0.3, 0.4) is 0 Å². The summed E-state index contributed by atoms with van der Waals surface area (Å²) in [4.78, 5) is 37.9. The first-order valence-electron chi connectivity index (χ1n) is 6.25. The minimum Gasteiger partial charge on any atom is -0.468 e. The number of amides is 2. The predicted octanol–water partition coefficient (Wildman–Crippen LogP) is 2.35. The minimum absolute atomic E-state index is 0.212. The third kappa shape index (κ3) is 6.28. The van der Waals surface area contributed by atoms with E-state index in [1.807, 2.05) is 30.3 Å². The first-order valence-corrected chi connectivity index (χ1v) is 7.50. The number of esters is 1. The second-order valence-electron chi connectivity index (χ2n) is 4.14. The maximum Gasteiger partial charge on any atom is 0.343 e. The Labute approximate surface area is 137 Å². The van der Waals surface area contributed by atoms with Crippen LogP contribution >= 0.6 is 23.4 Å². The zero-order valence-electron chi connectivity index (χ0n) is 12.0. The Morgan fingerprint density at radius 3 is 2.50 bits per heavy atom. The van der Waals surface area contributed by atoms with Crippen LogP contribution in [-0.2, 0) is 20.9 Å². The van der Waals surface area contributed by atoms with Gasteiger partial charge in [0.05, 0.1) is 7.11 Å². The quantitative estimate of drug-likeness (QED) is 0.384. The monoisotopic (exact) mass is 342 g/mol. The van der Waals surface area contributed by atoms with Gasteiger partial charge in [0.2, 0.25) is 0 Å². The lowest BCUT2D eigenvalue weighted by Crippen LogP contribution is -2.27. The average molecular weight is 343 g/mol. The number of Topliss-reactive ketones (excluding diaryl/α,β-unsaturated/α-hetero) is 1. The first kappa shape index (κ1) is 18.2. The van der Waals surface area contributed by atoms with Crippen molar-refractivity contribution in [3.05, 3.63) is 35.9 Å². The SMILES string of the molecule is COC(=O)C(S/C(Cl)=N/C(=O)NCc1ccccc1)C(C)=O. The highest BCUT2D eigenvalue weighted by Gasteiger charge is 2.26. The number of ether oxygens (including phenoxy) is 1. The van der Waals surface area contributed by atoms with Crippen LogP contribution in [0.15, 0.2) is 35.3 Å². The van der Waals surface area contributed by atoms with Crippen LogP contribution in [-0.4, -0.2) is 34.6 Å². The minimum atomic E-state index is -1.14. The Kier molecular flexibility index (Phi) is 7.62. The maximum atomic E-state index is 11.6. The van der Waals surface area contributed by atoms with E-state index >= 15 is 0 Å². The van der Waals surface area contributed by atoms with Crippen molar-refractivity contribution in [2.45, 2.75) is 18.7 Å². The number of hydrogen-bond donors (Lipinski definition) is 1. The Morgan fingerprint density at radius 2 is 1.95 bits per heavy atom. The fraction of sp³-hybridized carbons (Fsp3) is 0.286. The van der Waals surface area contributed by atoms with Crippen LogP contribution in [0.1, 0.15) is 12.5 Å². The van der Waals surface area contributed by atoms with E-state index in [9.17, 15) is 14.4 Å². The number of rotatable bonds is 5. The molecule has 0 aliphatic carbocycles. The Balaban J connectivity index is 2.57. The van der Waals surface area contributed by atoms with E-state index in [2.05, 4.69) is 15.0 Å². The molecule has 1 aromatic carbocycles. The number of halogens is 1. The highest BCUT2D eigenvalue weighted by molar-refractivity contribution is 8.18. The van der Waals surface area contributed by atoms with E-state index in [0.29, 0.717) is 18.3 Å². The summed E-state index contributed by atoms with van der Waals surface area (Å²) >= 11 is 6.46. The lowest BCUT2D eigenvalue weighted by atomic mass is 10.2. The third-order valence-electron chi connectivity index (χ3n) is 2.48. The van der Waals surface area contributed by atoms with E-state index < -0.39 is 23.0 Å². The van der Waals surface area contributed by atoms with Crippen molar-refractivity contribution in [2.75, 3.05) is 7.11 Å². The van der Waals surface area contributed by atoms with Gasteiger partial charge in [0.15, 0.2) is 15.5 Å². The average Bonchev–Trinajstić information content (AvgIpc) is 2.50. The predicted molar refractivity (Wildman–Crippen MR) is 86.0 cm³/mol.